The minimum Gasteiger partial charge on any atom is -0.456 e. The molecule has 0 fully saturated rings. The summed E-state index contributed by atoms with van der Waals surface area (Å²) in [6, 6.07) is 114. The van der Waals surface area contributed by atoms with E-state index in [2.05, 4.69) is 289 Å². The van der Waals surface area contributed by atoms with Crippen LogP contribution in [-0.2, 0) is 0 Å². The fraction of sp³-hybridized carbons (Fsp3) is 0.333. The number of fused-ring (bicyclic) bond motifs is 24. The van der Waals surface area contributed by atoms with Gasteiger partial charge in [0.2, 0.25) is 0 Å². The monoisotopic (exact) mass is 1820 g/mol. The number of para-hydroxylation sites is 6. The fourth-order valence-corrected chi connectivity index (χ4v) is 15.0. The van der Waals surface area contributed by atoms with Crippen molar-refractivity contribution in [3.8, 4) is 0 Å². The molecule has 0 aliphatic carbocycles. The Balaban J connectivity index is -0.000000334. The van der Waals surface area contributed by atoms with Gasteiger partial charge in [0.15, 0.2) is 0 Å². The summed E-state index contributed by atoms with van der Waals surface area (Å²) in [5.74, 6) is 0. The zero-order valence-corrected chi connectivity index (χ0v) is 92.4. The summed E-state index contributed by atoms with van der Waals surface area (Å²) in [6.45, 7) is 84.0. The molecule has 132 heavy (non-hydrogen) atoms. The summed E-state index contributed by atoms with van der Waals surface area (Å²) in [5, 5.41) is 23.4. The lowest BCUT2D eigenvalue weighted by atomic mass is 10.0. The zero-order valence-electron chi connectivity index (χ0n) is 90.8. The van der Waals surface area contributed by atoms with E-state index >= 15 is 0 Å². The minimum absolute atomic E-state index is 0.957. The lowest BCUT2D eigenvalue weighted by Gasteiger charge is -1.99. The number of rotatable bonds is 0. The van der Waals surface area contributed by atoms with Crippen LogP contribution in [0.4, 0.5) is 0 Å². The van der Waals surface area contributed by atoms with Crippen molar-refractivity contribution < 1.29 is 8.83 Å². The van der Waals surface area contributed by atoms with Crippen LogP contribution in [0.15, 0.2) is 336 Å². The Hall–Kier alpha value is -11.3. The van der Waals surface area contributed by atoms with Gasteiger partial charge in [-0.2, -0.15) is 0 Å². The molecule has 21 aromatic rings. The molecule has 21 rings (SSSR count). The summed E-state index contributed by atoms with van der Waals surface area (Å²) in [7, 11) is 0. The van der Waals surface area contributed by atoms with E-state index in [1.165, 1.54) is 138 Å². The lowest BCUT2D eigenvalue weighted by Crippen LogP contribution is -1.73. The van der Waals surface area contributed by atoms with Crippen LogP contribution in [0.5, 0.6) is 0 Å². The zero-order chi connectivity index (χ0) is 102. The fourth-order valence-electron chi connectivity index (χ4n) is 12.8. The molecule has 0 unspecified atom stereocenters. The van der Waals surface area contributed by atoms with E-state index in [9.17, 15) is 0 Å². The van der Waals surface area contributed by atoms with Crippen molar-refractivity contribution in [3.05, 3.63) is 328 Å². The highest BCUT2D eigenvalue weighted by Gasteiger charge is 2.12. The number of hydrogen-bond donors (Lipinski definition) is 2. The molecule has 0 aliphatic rings. The largest absolute Gasteiger partial charge is 0.456 e. The molecule has 0 radical (unpaired) electrons. The van der Waals surface area contributed by atoms with E-state index in [0.717, 1.165) is 22.3 Å². The molecule has 0 aliphatic heterocycles. The number of nitrogens with one attached hydrogen (secondary N) is 2. The van der Waals surface area contributed by atoms with Gasteiger partial charge in [-0.1, -0.05) is 546 Å². The predicted octanol–water partition coefficient (Wildman–Crippen LogP) is 46.9. The van der Waals surface area contributed by atoms with E-state index in [1.807, 2.05) is 362 Å². The Bertz CT molecular complexity index is 5390. The third kappa shape index (κ3) is 38.1. The molecule has 6 heterocycles. The molecule has 0 atom stereocenters. The highest BCUT2D eigenvalue weighted by atomic mass is 32.1. The molecule has 6 heteroatoms. The third-order valence-corrected chi connectivity index (χ3v) is 19.2. The molecule has 15 aromatic carbocycles. The summed E-state index contributed by atoms with van der Waals surface area (Å²) in [6.07, 6.45) is 0. The summed E-state index contributed by atoms with van der Waals surface area (Å²) >= 11 is 3.74. The summed E-state index contributed by atoms with van der Waals surface area (Å²) in [4.78, 5) is 6.85. The quantitative estimate of drug-likeness (QED) is 0.159. The average molecular weight is 1820 g/mol. The van der Waals surface area contributed by atoms with Gasteiger partial charge >= 0.3 is 0 Å². The molecule has 0 spiro atoms. The maximum absolute atomic E-state index is 5.86. The molecule has 0 saturated heterocycles. The number of H-pyrrole nitrogens is 2. The Morgan fingerprint density at radius 3 is 0.742 bits per heavy atom. The van der Waals surface area contributed by atoms with Crippen molar-refractivity contribution in [1.29, 1.82) is 0 Å². The van der Waals surface area contributed by atoms with E-state index in [1.54, 1.807) is 0 Å². The van der Waals surface area contributed by atoms with Gasteiger partial charge in [-0.25, -0.2) is 0 Å². The van der Waals surface area contributed by atoms with Crippen LogP contribution in [0.25, 0.3) is 160 Å². The molecular formula is C126H182N2O2S2. The summed E-state index contributed by atoms with van der Waals surface area (Å²) < 4.78 is 17.0. The van der Waals surface area contributed by atoms with Crippen LogP contribution in [0.3, 0.4) is 0 Å². The van der Waals surface area contributed by atoms with Crippen LogP contribution in [0.2, 0.25) is 0 Å². The van der Waals surface area contributed by atoms with Gasteiger partial charge in [0.25, 0.3) is 0 Å². The maximum Gasteiger partial charge on any atom is 0.136 e. The molecule has 2 N–H and O–H groups in total. The number of benzene rings is 15. The van der Waals surface area contributed by atoms with Gasteiger partial charge in [-0.05, 0) is 105 Å². The van der Waals surface area contributed by atoms with E-state index in [0.29, 0.717) is 0 Å². The highest BCUT2D eigenvalue weighted by molar-refractivity contribution is 7.26. The SMILES string of the molecule is CC.CC.CC.CC.CC.CC.CC.CC.CC.CC.CC.CC.CC.CC.CC.CC.CC.CC.CC.CC.CC.c1ccc2c(c1)[nH]c1ccccc12.c1ccc2c(c1)ccc1[nH]c3ccccc3c12.c1ccc2c(c1)ccc1oc3ccccc3c12.c1ccc2c(c1)ccc1sc3ccccc3c12.c1ccc2c(c1)oc1ccccc12.c1ccc2c(c1)sc1ccccc12. The van der Waals surface area contributed by atoms with E-state index in [-0.39, 0.29) is 0 Å². The molecular weight excluding hydrogens is 1640 g/mol. The minimum atomic E-state index is 0.957. The standard InChI is InChI=1S/C16H11N.C16H10O.C16H10S.C12H9N.C12H8O.C12H8S.21C2H6/c3*1-2-6-12-11(5-1)9-10-15-16(12)13-7-3-4-8-14(13)17-15;3*1-3-7-11-9(5-1)10-6-2-4-8-12(10)13-11;21*1-2/h1-10,17H;2*1-10H;1-8,13H;2*1-8H;21*1-2H3. The topological polar surface area (TPSA) is 57.9 Å². The Morgan fingerprint density at radius 1 is 0.136 bits per heavy atom. The van der Waals surface area contributed by atoms with Crippen molar-refractivity contribution in [2.24, 2.45) is 0 Å². The van der Waals surface area contributed by atoms with Gasteiger partial charge in [-0.3, -0.25) is 0 Å². The van der Waals surface area contributed by atoms with E-state index < -0.39 is 0 Å². The van der Waals surface area contributed by atoms with Crippen LogP contribution >= 0.6 is 22.7 Å². The van der Waals surface area contributed by atoms with Crippen molar-refractivity contribution in [2.75, 3.05) is 0 Å². The lowest BCUT2D eigenvalue weighted by molar-refractivity contribution is 0.668. The second-order valence-electron chi connectivity index (χ2n) is 22.3. The Kier molecular flexibility index (Phi) is 87.3. The van der Waals surface area contributed by atoms with Gasteiger partial charge in [0.05, 0.1) is 0 Å². The van der Waals surface area contributed by atoms with Gasteiger partial charge < -0.3 is 18.8 Å². The number of aromatic amines is 2. The van der Waals surface area contributed by atoms with E-state index in [4.69, 9.17) is 8.83 Å². The van der Waals surface area contributed by atoms with Crippen molar-refractivity contribution >= 4 is 183 Å². The van der Waals surface area contributed by atoms with Gasteiger partial charge in [0, 0.05) is 106 Å². The highest BCUT2D eigenvalue weighted by Crippen LogP contribution is 2.40. The molecule has 0 bridgehead atoms. The molecule has 0 saturated carbocycles. The normalized spacial score (nSPS) is 8.68. The summed E-state index contributed by atoms with van der Waals surface area (Å²) in [5.41, 5.74) is 8.69. The average Bonchev–Trinajstić information content (AvgIpc) is 1.61. The predicted molar refractivity (Wildman–Crippen MR) is 629 cm³/mol. The van der Waals surface area contributed by atoms with Crippen LogP contribution in [0.1, 0.15) is 291 Å². The van der Waals surface area contributed by atoms with Gasteiger partial charge in [0.1, 0.15) is 22.3 Å². The molecule has 6 aromatic heterocycles. The van der Waals surface area contributed by atoms with Crippen LogP contribution < -0.4 is 0 Å². The number of aromatic nitrogens is 2. The first-order valence-electron chi connectivity index (χ1n) is 51.3. The maximum atomic E-state index is 5.86. The third-order valence-electron chi connectivity index (χ3n) is 16.9. The van der Waals surface area contributed by atoms with Crippen molar-refractivity contribution in [3.63, 3.8) is 0 Å². The number of furan rings is 2. The number of hydrogen-bond acceptors (Lipinski definition) is 4. The number of thiophene rings is 2. The smallest absolute Gasteiger partial charge is 0.136 e. The molecule has 0 amide bonds. The van der Waals surface area contributed by atoms with Crippen molar-refractivity contribution in [1.82, 2.24) is 9.97 Å². The second-order valence-corrected chi connectivity index (χ2v) is 24.5. The first-order valence-corrected chi connectivity index (χ1v) is 52.9. The molecule has 720 valence electrons. The second kappa shape index (κ2) is 87.7. The first kappa shape index (κ1) is 131. The molecule has 4 nitrogen and oxygen atoms in total. The Morgan fingerprint density at radius 2 is 0.364 bits per heavy atom. The first-order chi connectivity index (χ1) is 65.6. The van der Waals surface area contributed by atoms with Crippen molar-refractivity contribution in [2.45, 2.75) is 291 Å². The van der Waals surface area contributed by atoms with Crippen LogP contribution in [-0.4, -0.2) is 9.97 Å². The Labute approximate surface area is 814 Å². The van der Waals surface area contributed by atoms with Gasteiger partial charge in [-0.15, -0.1) is 22.7 Å². The van der Waals surface area contributed by atoms with Crippen LogP contribution in [0, 0.1) is 0 Å².